The summed E-state index contributed by atoms with van der Waals surface area (Å²) in [6.45, 7) is 7.32. The summed E-state index contributed by atoms with van der Waals surface area (Å²) in [6.07, 6.45) is 0.444. The maximum atomic E-state index is 12.8. The lowest BCUT2D eigenvalue weighted by Gasteiger charge is -2.31. The third kappa shape index (κ3) is 4.99. The molecular weight excluding hydrogens is 327 g/mol. The first-order valence-electron chi connectivity index (χ1n) is 9.24. The zero-order valence-electron chi connectivity index (χ0n) is 15.3. The van der Waals surface area contributed by atoms with Crippen LogP contribution in [0.25, 0.3) is 0 Å². The lowest BCUT2D eigenvalue weighted by atomic mass is 9.95. The van der Waals surface area contributed by atoms with Gasteiger partial charge in [0.2, 0.25) is 5.91 Å². The molecule has 0 N–H and O–H groups in total. The van der Waals surface area contributed by atoms with Crippen molar-refractivity contribution >= 4 is 5.91 Å². The van der Waals surface area contributed by atoms with Crippen molar-refractivity contribution < 1.29 is 18.0 Å². The molecule has 0 spiro atoms. The van der Waals surface area contributed by atoms with Gasteiger partial charge in [-0.15, -0.1) is 0 Å². The van der Waals surface area contributed by atoms with Crippen molar-refractivity contribution in [2.45, 2.75) is 65.6 Å². The maximum Gasteiger partial charge on any atom is 0.416 e. The molecule has 0 aromatic heterocycles. The highest BCUT2D eigenvalue weighted by Crippen LogP contribution is 2.35. The number of carbonyl (C=O) groups excluding carboxylic acids is 1. The number of amides is 1. The summed E-state index contributed by atoms with van der Waals surface area (Å²) in [7, 11) is 0. The Hall–Kier alpha value is -1.52. The van der Waals surface area contributed by atoms with Crippen LogP contribution in [0.2, 0.25) is 0 Å². The Morgan fingerprint density at radius 3 is 2.44 bits per heavy atom. The van der Waals surface area contributed by atoms with Crippen LogP contribution in [0.3, 0.4) is 0 Å². The lowest BCUT2D eigenvalue weighted by molar-refractivity contribution is -0.137. The van der Waals surface area contributed by atoms with Crippen molar-refractivity contribution in [2.75, 3.05) is 6.54 Å². The zero-order valence-corrected chi connectivity index (χ0v) is 15.3. The molecule has 2 atom stereocenters. The molecule has 2 aliphatic rings. The predicted octanol–water partition coefficient (Wildman–Crippen LogP) is 5.44. The summed E-state index contributed by atoms with van der Waals surface area (Å²) in [5.41, 5.74) is 0.937. The van der Waals surface area contributed by atoms with E-state index in [0.717, 1.165) is 30.9 Å². The number of nitrogens with zero attached hydrogens (tertiary/aromatic N) is 1. The van der Waals surface area contributed by atoms with Crippen LogP contribution in [0.5, 0.6) is 0 Å². The van der Waals surface area contributed by atoms with Gasteiger partial charge in [-0.25, -0.2) is 0 Å². The van der Waals surface area contributed by atoms with Crippen LogP contribution in [0.1, 0.15) is 63.1 Å². The Morgan fingerprint density at radius 2 is 1.88 bits per heavy atom. The molecule has 140 valence electrons. The van der Waals surface area contributed by atoms with Crippen molar-refractivity contribution in [2.24, 2.45) is 11.8 Å². The van der Waals surface area contributed by atoms with E-state index < -0.39 is 11.7 Å². The van der Waals surface area contributed by atoms with Gasteiger partial charge >= 0.3 is 6.18 Å². The second kappa shape index (κ2) is 8.24. The Balaban J connectivity index is 0.000000701. The van der Waals surface area contributed by atoms with Crippen LogP contribution in [0.15, 0.2) is 18.2 Å². The van der Waals surface area contributed by atoms with E-state index in [9.17, 15) is 18.0 Å². The standard InChI is InChI=1S/C17H20F3NO.C3H8/c1-11-2-3-13(8-11)16(22)21-7-6-12-4-5-15(17(18,19)20)9-14(12)10-21;1-3-2/h4-5,9,11,13H,2-3,6-8,10H2,1H3;3H2,1-2H3/t11?,13-;/m0./s1. The highest BCUT2D eigenvalue weighted by molar-refractivity contribution is 5.79. The molecule has 1 aromatic rings. The smallest absolute Gasteiger partial charge is 0.338 e. The van der Waals surface area contributed by atoms with Gasteiger partial charge in [-0.05, 0) is 54.9 Å². The minimum Gasteiger partial charge on any atom is -0.338 e. The fraction of sp³-hybridized carbons (Fsp3) is 0.650. The second-order valence-electron chi connectivity index (χ2n) is 7.31. The highest BCUT2D eigenvalue weighted by Gasteiger charge is 2.34. The summed E-state index contributed by atoms with van der Waals surface area (Å²) in [4.78, 5) is 14.3. The monoisotopic (exact) mass is 355 g/mol. The Kier molecular flexibility index (Phi) is 6.53. The molecule has 1 aliphatic heterocycles. The largest absolute Gasteiger partial charge is 0.416 e. The molecular formula is C20H28F3NO. The molecule has 1 amide bonds. The van der Waals surface area contributed by atoms with E-state index in [1.165, 1.54) is 12.5 Å². The SMILES string of the molecule is CC1CC[C@H](C(=O)N2CCc3ccc(C(F)(F)F)cc3C2)C1.CCC. The van der Waals surface area contributed by atoms with Gasteiger partial charge in [0.1, 0.15) is 0 Å². The molecule has 1 unspecified atom stereocenters. The van der Waals surface area contributed by atoms with E-state index in [1.54, 1.807) is 11.0 Å². The average molecular weight is 355 g/mol. The number of alkyl halides is 3. The normalized spacial score (nSPS) is 22.9. The summed E-state index contributed by atoms with van der Waals surface area (Å²) in [6, 6.07) is 3.89. The van der Waals surface area contributed by atoms with E-state index in [2.05, 4.69) is 20.8 Å². The molecule has 0 bridgehead atoms. The van der Waals surface area contributed by atoms with Gasteiger partial charge in [0.05, 0.1) is 5.56 Å². The summed E-state index contributed by atoms with van der Waals surface area (Å²) in [5.74, 6) is 0.748. The van der Waals surface area contributed by atoms with Crippen LogP contribution in [-0.2, 0) is 23.9 Å². The molecule has 0 radical (unpaired) electrons. The van der Waals surface area contributed by atoms with E-state index in [0.29, 0.717) is 31.0 Å². The van der Waals surface area contributed by atoms with Crippen molar-refractivity contribution in [3.05, 3.63) is 34.9 Å². The van der Waals surface area contributed by atoms with Crippen LogP contribution in [0.4, 0.5) is 13.2 Å². The van der Waals surface area contributed by atoms with Crippen LogP contribution >= 0.6 is 0 Å². The number of benzene rings is 1. The summed E-state index contributed by atoms with van der Waals surface area (Å²) < 4.78 is 38.5. The quantitative estimate of drug-likeness (QED) is 0.657. The fourth-order valence-electron chi connectivity index (χ4n) is 3.61. The Morgan fingerprint density at radius 1 is 1.20 bits per heavy atom. The number of halogens is 3. The Labute approximate surface area is 148 Å². The Bertz CT molecular complexity index is 597. The lowest BCUT2D eigenvalue weighted by Crippen LogP contribution is -2.39. The van der Waals surface area contributed by atoms with Gasteiger partial charge in [0, 0.05) is 19.0 Å². The first kappa shape index (κ1) is 19.8. The summed E-state index contributed by atoms with van der Waals surface area (Å²) >= 11 is 0. The first-order chi connectivity index (χ1) is 11.8. The molecule has 1 heterocycles. The molecule has 1 fully saturated rings. The van der Waals surface area contributed by atoms with Gasteiger partial charge in [-0.1, -0.05) is 33.3 Å². The van der Waals surface area contributed by atoms with Crippen molar-refractivity contribution in [3.63, 3.8) is 0 Å². The van der Waals surface area contributed by atoms with Gasteiger partial charge < -0.3 is 4.90 Å². The van der Waals surface area contributed by atoms with E-state index in [1.807, 2.05) is 0 Å². The zero-order chi connectivity index (χ0) is 18.6. The molecule has 3 rings (SSSR count). The van der Waals surface area contributed by atoms with Crippen molar-refractivity contribution in [1.29, 1.82) is 0 Å². The fourth-order valence-corrected chi connectivity index (χ4v) is 3.61. The molecule has 5 heteroatoms. The average Bonchev–Trinajstić information content (AvgIpc) is 2.99. The molecule has 2 nitrogen and oxygen atoms in total. The van der Waals surface area contributed by atoms with E-state index in [4.69, 9.17) is 0 Å². The molecule has 1 aromatic carbocycles. The van der Waals surface area contributed by atoms with Gasteiger partial charge in [0.25, 0.3) is 0 Å². The van der Waals surface area contributed by atoms with Crippen molar-refractivity contribution in [3.8, 4) is 0 Å². The maximum absolute atomic E-state index is 12.8. The number of hydrogen-bond acceptors (Lipinski definition) is 1. The number of carbonyl (C=O) groups is 1. The second-order valence-corrected chi connectivity index (χ2v) is 7.31. The highest BCUT2D eigenvalue weighted by atomic mass is 19.4. The van der Waals surface area contributed by atoms with Crippen LogP contribution < -0.4 is 0 Å². The van der Waals surface area contributed by atoms with Gasteiger partial charge in [0.15, 0.2) is 0 Å². The molecule has 1 aliphatic carbocycles. The van der Waals surface area contributed by atoms with Crippen LogP contribution in [-0.4, -0.2) is 17.4 Å². The van der Waals surface area contributed by atoms with Gasteiger partial charge in [-0.3, -0.25) is 4.79 Å². The third-order valence-electron chi connectivity index (χ3n) is 4.90. The minimum absolute atomic E-state index is 0.0577. The van der Waals surface area contributed by atoms with E-state index >= 15 is 0 Å². The number of rotatable bonds is 1. The third-order valence-corrected chi connectivity index (χ3v) is 4.90. The summed E-state index contributed by atoms with van der Waals surface area (Å²) in [5, 5.41) is 0. The number of fused-ring (bicyclic) bond motifs is 1. The minimum atomic E-state index is -4.33. The van der Waals surface area contributed by atoms with E-state index in [-0.39, 0.29) is 11.8 Å². The molecule has 1 saturated carbocycles. The topological polar surface area (TPSA) is 20.3 Å². The molecule has 25 heavy (non-hydrogen) atoms. The predicted molar refractivity (Wildman–Crippen MR) is 93.0 cm³/mol. The number of hydrogen-bond donors (Lipinski definition) is 0. The van der Waals surface area contributed by atoms with Gasteiger partial charge in [-0.2, -0.15) is 13.2 Å². The molecule has 0 saturated heterocycles. The first-order valence-corrected chi connectivity index (χ1v) is 9.24. The van der Waals surface area contributed by atoms with Crippen LogP contribution in [0, 0.1) is 11.8 Å². The van der Waals surface area contributed by atoms with Crippen molar-refractivity contribution in [1.82, 2.24) is 4.90 Å².